The van der Waals surface area contributed by atoms with Crippen molar-refractivity contribution in [1.82, 2.24) is 10.3 Å². The number of aromatic nitrogens is 1. The second-order valence-electron chi connectivity index (χ2n) is 4.85. The molecule has 0 aliphatic rings. The van der Waals surface area contributed by atoms with Gasteiger partial charge in [-0.05, 0) is 64.9 Å². The molecule has 1 aromatic heterocycles. The van der Waals surface area contributed by atoms with Crippen molar-refractivity contribution in [2.24, 2.45) is 0 Å². The van der Waals surface area contributed by atoms with Crippen molar-refractivity contribution in [1.29, 1.82) is 0 Å². The number of nitrogens with one attached hydrogen (secondary N) is 1. The first kappa shape index (κ1) is 16.2. The Morgan fingerprint density at radius 3 is 2.76 bits per heavy atom. The van der Waals surface area contributed by atoms with Gasteiger partial charge in [0, 0.05) is 9.77 Å². The number of halogens is 1. The Balaban J connectivity index is 2.29. The van der Waals surface area contributed by atoms with Gasteiger partial charge in [-0.15, -0.1) is 0 Å². The summed E-state index contributed by atoms with van der Waals surface area (Å²) in [6.07, 6.45) is 4.68. The summed E-state index contributed by atoms with van der Waals surface area (Å²) in [6.45, 7) is 5.84. The molecule has 1 unspecified atom stereocenters. The highest BCUT2D eigenvalue weighted by Crippen LogP contribution is 2.25. The largest absolute Gasteiger partial charge is 0.492 e. The third-order valence-electron chi connectivity index (χ3n) is 3.13. The van der Waals surface area contributed by atoms with Gasteiger partial charge >= 0.3 is 0 Å². The molecule has 0 spiro atoms. The number of nitrogens with zero attached hydrogens (tertiary/aromatic N) is 1. The fraction of sp³-hybridized carbons (Fsp3) is 0.353. The lowest BCUT2D eigenvalue weighted by Crippen LogP contribution is -2.22. The quantitative estimate of drug-likeness (QED) is 0.714. The van der Waals surface area contributed by atoms with Gasteiger partial charge in [0.2, 0.25) is 0 Å². The molecule has 0 aliphatic heterocycles. The van der Waals surface area contributed by atoms with Crippen LogP contribution in [0.5, 0.6) is 5.75 Å². The minimum Gasteiger partial charge on any atom is -0.492 e. The molecule has 0 radical (unpaired) electrons. The summed E-state index contributed by atoms with van der Waals surface area (Å²) in [6, 6.07) is 10.8. The van der Waals surface area contributed by atoms with E-state index in [1.165, 1.54) is 9.13 Å². The summed E-state index contributed by atoms with van der Waals surface area (Å²) >= 11 is 2.34. The Morgan fingerprint density at radius 1 is 1.19 bits per heavy atom. The fourth-order valence-electron chi connectivity index (χ4n) is 2.21. The standard InChI is InChI=1S/C17H21IN2O/c1-3-8-21-16-10-14(11-19-12-16)17(20-4-2)13-6-5-7-15(18)9-13/h5-7,9-12,17,20H,3-4,8H2,1-2H3. The van der Waals surface area contributed by atoms with Crippen molar-refractivity contribution in [2.45, 2.75) is 26.3 Å². The summed E-state index contributed by atoms with van der Waals surface area (Å²) in [5, 5.41) is 3.53. The second-order valence-corrected chi connectivity index (χ2v) is 6.09. The van der Waals surface area contributed by atoms with Gasteiger partial charge in [0.1, 0.15) is 5.75 Å². The van der Waals surface area contributed by atoms with Crippen molar-refractivity contribution in [3.05, 3.63) is 57.4 Å². The number of hydrogen-bond acceptors (Lipinski definition) is 3. The zero-order chi connectivity index (χ0) is 15.1. The van der Waals surface area contributed by atoms with Crippen LogP contribution < -0.4 is 10.1 Å². The summed E-state index contributed by atoms with van der Waals surface area (Å²) in [5.74, 6) is 0.836. The van der Waals surface area contributed by atoms with Crippen molar-refractivity contribution in [3.8, 4) is 5.75 Å². The Hall–Kier alpha value is -1.14. The van der Waals surface area contributed by atoms with E-state index in [1.54, 1.807) is 6.20 Å². The van der Waals surface area contributed by atoms with Crippen LogP contribution >= 0.6 is 22.6 Å². The lowest BCUT2D eigenvalue weighted by Gasteiger charge is -2.19. The van der Waals surface area contributed by atoms with Gasteiger partial charge in [0.05, 0.1) is 18.8 Å². The predicted molar refractivity (Wildman–Crippen MR) is 94.7 cm³/mol. The highest BCUT2D eigenvalue weighted by atomic mass is 127. The third kappa shape index (κ3) is 4.68. The number of ether oxygens (including phenoxy) is 1. The first-order valence-electron chi connectivity index (χ1n) is 7.31. The summed E-state index contributed by atoms with van der Waals surface area (Å²) in [7, 11) is 0. The maximum Gasteiger partial charge on any atom is 0.137 e. The van der Waals surface area contributed by atoms with Crippen LogP contribution in [0.4, 0.5) is 0 Å². The molecule has 4 heteroatoms. The monoisotopic (exact) mass is 396 g/mol. The van der Waals surface area contributed by atoms with Crippen LogP contribution in [0.3, 0.4) is 0 Å². The van der Waals surface area contributed by atoms with Crippen LogP contribution in [-0.2, 0) is 0 Å². The van der Waals surface area contributed by atoms with Gasteiger partial charge in [-0.1, -0.05) is 26.0 Å². The van der Waals surface area contributed by atoms with E-state index in [-0.39, 0.29) is 6.04 Å². The number of benzene rings is 1. The first-order valence-corrected chi connectivity index (χ1v) is 8.39. The molecule has 1 aromatic carbocycles. The Kier molecular flexibility index (Phi) is 6.45. The van der Waals surface area contributed by atoms with Gasteiger partial charge in [0.15, 0.2) is 0 Å². The Labute approximate surface area is 140 Å². The van der Waals surface area contributed by atoms with Gasteiger partial charge < -0.3 is 10.1 Å². The van der Waals surface area contributed by atoms with Crippen molar-refractivity contribution in [3.63, 3.8) is 0 Å². The number of pyridine rings is 1. The lowest BCUT2D eigenvalue weighted by molar-refractivity contribution is 0.315. The molecule has 3 nitrogen and oxygen atoms in total. The van der Waals surface area contributed by atoms with E-state index in [9.17, 15) is 0 Å². The topological polar surface area (TPSA) is 34.1 Å². The van der Waals surface area contributed by atoms with Gasteiger partial charge in [-0.2, -0.15) is 0 Å². The molecular formula is C17H21IN2O. The SMILES string of the molecule is CCCOc1cncc(C(NCC)c2cccc(I)c2)c1. The Bertz CT molecular complexity index is 574. The summed E-state index contributed by atoms with van der Waals surface area (Å²) in [5.41, 5.74) is 2.38. The second kappa shape index (κ2) is 8.34. The molecule has 1 atom stereocenters. The maximum atomic E-state index is 5.69. The van der Waals surface area contributed by atoms with Crippen molar-refractivity contribution >= 4 is 22.6 Å². The van der Waals surface area contributed by atoms with E-state index < -0.39 is 0 Å². The van der Waals surface area contributed by atoms with Crippen LogP contribution in [0.25, 0.3) is 0 Å². The third-order valence-corrected chi connectivity index (χ3v) is 3.80. The van der Waals surface area contributed by atoms with E-state index in [0.717, 1.165) is 30.9 Å². The molecule has 21 heavy (non-hydrogen) atoms. The number of hydrogen-bond donors (Lipinski definition) is 1. The average Bonchev–Trinajstić information content (AvgIpc) is 2.51. The van der Waals surface area contributed by atoms with Gasteiger partial charge in [0.25, 0.3) is 0 Å². The molecule has 2 aromatic rings. The van der Waals surface area contributed by atoms with E-state index in [4.69, 9.17) is 4.74 Å². The highest BCUT2D eigenvalue weighted by Gasteiger charge is 2.14. The van der Waals surface area contributed by atoms with Crippen LogP contribution in [0, 0.1) is 3.57 Å². The van der Waals surface area contributed by atoms with E-state index in [0.29, 0.717) is 0 Å². The average molecular weight is 396 g/mol. The normalized spacial score (nSPS) is 12.1. The van der Waals surface area contributed by atoms with E-state index in [1.807, 2.05) is 6.20 Å². The highest BCUT2D eigenvalue weighted by molar-refractivity contribution is 14.1. The van der Waals surface area contributed by atoms with Gasteiger partial charge in [-0.25, -0.2) is 0 Å². The van der Waals surface area contributed by atoms with E-state index >= 15 is 0 Å². The zero-order valence-corrected chi connectivity index (χ0v) is 14.6. The van der Waals surface area contributed by atoms with Crippen molar-refractivity contribution < 1.29 is 4.74 Å². The molecule has 0 fully saturated rings. The van der Waals surface area contributed by atoms with Crippen molar-refractivity contribution in [2.75, 3.05) is 13.2 Å². The van der Waals surface area contributed by atoms with Crippen LogP contribution in [0.1, 0.15) is 37.4 Å². The lowest BCUT2D eigenvalue weighted by atomic mass is 10.00. The molecule has 0 saturated heterocycles. The molecule has 0 bridgehead atoms. The molecule has 1 N–H and O–H groups in total. The molecule has 1 heterocycles. The molecule has 0 amide bonds. The molecule has 2 rings (SSSR count). The molecule has 112 valence electrons. The van der Waals surface area contributed by atoms with Crippen LogP contribution in [0.15, 0.2) is 42.7 Å². The summed E-state index contributed by atoms with van der Waals surface area (Å²) in [4.78, 5) is 4.32. The minimum absolute atomic E-state index is 0.141. The van der Waals surface area contributed by atoms with Gasteiger partial charge in [-0.3, -0.25) is 4.98 Å². The first-order chi connectivity index (χ1) is 10.2. The van der Waals surface area contributed by atoms with E-state index in [2.05, 4.69) is 77.1 Å². The molecular weight excluding hydrogens is 375 g/mol. The maximum absolute atomic E-state index is 5.69. The minimum atomic E-state index is 0.141. The van der Waals surface area contributed by atoms with Crippen LogP contribution in [-0.4, -0.2) is 18.1 Å². The summed E-state index contributed by atoms with van der Waals surface area (Å²) < 4.78 is 6.93. The predicted octanol–water partition coefficient (Wildman–Crippen LogP) is 4.17. The molecule has 0 saturated carbocycles. The smallest absolute Gasteiger partial charge is 0.137 e. The van der Waals surface area contributed by atoms with Crippen LogP contribution in [0.2, 0.25) is 0 Å². The molecule has 0 aliphatic carbocycles. The Morgan fingerprint density at radius 2 is 2.05 bits per heavy atom. The fourth-order valence-corrected chi connectivity index (χ4v) is 2.78. The number of rotatable bonds is 7. The zero-order valence-electron chi connectivity index (χ0n) is 12.5.